The van der Waals surface area contributed by atoms with Crippen molar-refractivity contribution in [1.82, 2.24) is 15.1 Å². The van der Waals surface area contributed by atoms with E-state index in [-0.39, 0.29) is 0 Å². The lowest BCUT2D eigenvalue weighted by Gasteiger charge is -2.47. The van der Waals surface area contributed by atoms with E-state index in [2.05, 4.69) is 47.2 Å². The number of amides is 1. The maximum absolute atomic E-state index is 12.3. The second-order valence-electron chi connectivity index (χ2n) is 7.76. The Morgan fingerprint density at radius 3 is 2.85 bits per heavy atom. The first-order chi connectivity index (χ1) is 12.6. The lowest BCUT2D eigenvalue weighted by molar-refractivity contribution is -0.141. The van der Waals surface area contributed by atoms with Crippen molar-refractivity contribution >= 4 is 5.91 Å². The van der Waals surface area contributed by atoms with Gasteiger partial charge in [-0.05, 0) is 51.3 Å². The summed E-state index contributed by atoms with van der Waals surface area (Å²) in [6.45, 7) is 9.76. The van der Waals surface area contributed by atoms with E-state index in [4.69, 9.17) is 4.74 Å². The molecule has 0 bridgehead atoms. The van der Waals surface area contributed by atoms with Crippen LogP contribution in [0.25, 0.3) is 0 Å². The van der Waals surface area contributed by atoms with Crippen LogP contribution in [0.5, 0.6) is 5.75 Å². The molecule has 2 fully saturated rings. The molecule has 2 aliphatic rings. The van der Waals surface area contributed by atoms with E-state index in [0.29, 0.717) is 24.3 Å². The van der Waals surface area contributed by atoms with Crippen LogP contribution in [-0.4, -0.2) is 68.1 Å². The van der Waals surface area contributed by atoms with Gasteiger partial charge >= 0.3 is 0 Å². The second kappa shape index (κ2) is 8.87. The van der Waals surface area contributed by atoms with Gasteiger partial charge in [0.2, 0.25) is 5.91 Å². The first-order valence-electron chi connectivity index (χ1n) is 9.95. The molecule has 1 aromatic rings. The monoisotopic (exact) mass is 359 g/mol. The first kappa shape index (κ1) is 19.2. The van der Waals surface area contributed by atoms with Gasteiger partial charge in [0.1, 0.15) is 12.4 Å². The van der Waals surface area contributed by atoms with Crippen LogP contribution in [0, 0.1) is 19.8 Å². The number of piperidine rings is 2. The van der Waals surface area contributed by atoms with Crippen molar-refractivity contribution in [3.63, 3.8) is 0 Å². The number of ether oxygens (including phenoxy) is 1. The third-order valence-electron chi connectivity index (χ3n) is 5.83. The minimum absolute atomic E-state index is 0.341. The summed E-state index contributed by atoms with van der Waals surface area (Å²) in [5, 5.41) is 3.17. The van der Waals surface area contributed by atoms with Crippen LogP contribution >= 0.6 is 0 Å². The van der Waals surface area contributed by atoms with Crippen molar-refractivity contribution in [3.8, 4) is 5.75 Å². The van der Waals surface area contributed by atoms with Crippen LogP contribution in [0.1, 0.15) is 30.4 Å². The van der Waals surface area contributed by atoms with Gasteiger partial charge in [0, 0.05) is 45.2 Å². The van der Waals surface area contributed by atoms with Gasteiger partial charge in [0.05, 0.1) is 0 Å². The predicted octanol–water partition coefficient (Wildman–Crippen LogP) is 2.21. The molecule has 0 aromatic heterocycles. The standard InChI is InChI=1S/C21H33N3O2/c1-16-4-6-20(17(2)14-16)26-13-12-23-10-8-19-18(15-23)5-7-21(25)24(19)11-9-22-3/h4,6,14,18-19,22H,5,7-13,15H2,1-3H3/t18-,19+/m0/s1. The molecule has 0 unspecified atom stereocenters. The Morgan fingerprint density at radius 1 is 1.23 bits per heavy atom. The summed E-state index contributed by atoms with van der Waals surface area (Å²) in [4.78, 5) is 16.9. The molecular formula is C21H33N3O2. The maximum atomic E-state index is 12.3. The third kappa shape index (κ3) is 4.57. The molecule has 0 aliphatic carbocycles. The lowest BCUT2D eigenvalue weighted by Crippen LogP contribution is -2.57. The summed E-state index contributed by atoms with van der Waals surface area (Å²) in [6.07, 6.45) is 2.83. The highest BCUT2D eigenvalue weighted by Gasteiger charge is 2.38. The Hall–Kier alpha value is -1.59. The molecule has 0 saturated carbocycles. The molecule has 26 heavy (non-hydrogen) atoms. The quantitative estimate of drug-likeness (QED) is 0.811. The molecule has 144 valence electrons. The molecule has 5 nitrogen and oxygen atoms in total. The van der Waals surface area contributed by atoms with Crippen LogP contribution in [0.4, 0.5) is 0 Å². The number of benzene rings is 1. The zero-order chi connectivity index (χ0) is 18.5. The summed E-state index contributed by atoms with van der Waals surface area (Å²) in [5.74, 6) is 1.94. The molecule has 2 atom stereocenters. The predicted molar refractivity (Wildman–Crippen MR) is 105 cm³/mol. The van der Waals surface area contributed by atoms with Gasteiger partial charge in [-0.15, -0.1) is 0 Å². The average Bonchev–Trinajstić information content (AvgIpc) is 2.63. The summed E-state index contributed by atoms with van der Waals surface area (Å²) in [7, 11) is 1.95. The number of nitrogens with zero attached hydrogens (tertiary/aromatic N) is 2. The fraction of sp³-hybridized carbons (Fsp3) is 0.667. The topological polar surface area (TPSA) is 44.8 Å². The SMILES string of the molecule is CNCCN1C(=O)CC[C@H]2CN(CCOc3ccc(C)cc3C)CC[C@H]21. The molecule has 0 spiro atoms. The molecule has 1 aromatic carbocycles. The number of carbonyl (C=O) groups excluding carboxylic acids is 1. The number of carbonyl (C=O) groups is 1. The fourth-order valence-electron chi connectivity index (χ4n) is 4.40. The van der Waals surface area contributed by atoms with Crippen molar-refractivity contribution in [2.75, 3.05) is 46.4 Å². The first-order valence-corrected chi connectivity index (χ1v) is 9.95. The smallest absolute Gasteiger partial charge is 0.222 e. The molecule has 3 rings (SSSR count). The minimum atomic E-state index is 0.341. The van der Waals surface area contributed by atoms with Gasteiger partial charge in [0.25, 0.3) is 0 Å². The molecule has 2 aliphatic heterocycles. The molecule has 0 radical (unpaired) electrons. The van der Waals surface area contributed by atoms with E-state index < -0.39 is 0 Å². The highest BCUT2D eigenvalue weighted by molar-refractivity contribution is 5.77. The Balaban J connectivity index is 1.48. The number of rotatable bonds is 7. The molecule has 2 saturated heterocycles. The van der Waals surface area contributed by atoms with Gasteiger partial charge in [-0.2, -0.15) is 0 Å². The molecule has 1 N–H and O–H groups in total. The Morgan fingerprint density at radius 2 is 2.08 bits per heavy atom. The molecular weight excluding hydrogens is 326 g/mol. The van der Waals surface area contributed by atoms with Crippen LogP contribution in [-0.2, 0) is 4.79 Å². The van der Waals surface area contributed by atoms with Gasteiger partial charge in [-0.1, -0.05) is 17.7 Å². The molecule has 5 heteroatoms. The van der Waals surface area contributed by atoms with Crippen LogP contribution in [0.2, 0.25) is 0 Å². The highest BCUT2D eigenvalue weighted by Crippen LogP contribution is 2.31. The van der Waals surface area contributed by atoms with Gasteiger partial charge in [-0.3, -0.25) is 9.69 Å². The fourth-order valence-corrected chi connectivity index (χ4v) is 4.40. The summed E-state index contributed by atoms with van der Waals surface area (Å²) in [6, 6.07) is 6.77. The number of hydrogen-bond donors (Lipinski definition) is 1. The Labute approximate surface area is 157 Å². The number of fused-ring (bicyclic) bond motifs is 1. The van der Waals surface area contributed by atoms with E-state index in [1.165, 1.54) is 11.1 Å². The zero-order valence-corrected chi connectivity index (χ0v) is 16.5. The normalized spacial score (nSPS) is 23.8. The zero-order valence-electron chi connectivity index (χ0n) is 16.5. The summed E-state index contributed by atoms with van der Waals surface area (Å²) in [5.41, 5.74) is 2.47. The van der Waals surface area contributed by atoms with Crippen LogP contribution in [0.15, 0.2) is 18.2 Å². The number of nitrogens with one attached hydrogen (secondary N) is 1. The highest BCUT2D eigenvalue weighted by atomic mass is 16.5. The largest absolute Gasteiger partial charge is 0.492 e. The number of likely N-dealkylation sites (tertiary alicyclic amines) is 2. The van der Waals surface area contributed by atoms with E-state index >= 15 is 0 Å². The van der Waals surface area contributed by atoms with E-state index in [9.17, 15) is 4.79 Å². The van der Waals surface area contributed by atoms with Crippen molar-refractivity contribution in [2.24, 2.45) is 5.92 Å². The number of likely N-dealkylation sites (N-methyl/N-ethyl adjacent to an activating group) is 1. The van der Waals surface area contributed by atoms with Crippen molar-refractivity contribution in [1.29, 1.82) is 0 Å². The summed E-state index contributed by atoms with van der Waals surface area (Å²) >= 11 is 0. The average molecular weight is 360 g/mol. The maximum Gasteiger partial charge on any atom is 0.222 e. The summed E-state index contributed by atoms with van der Waals surface area (Å²) < 4.78 is 6.01. The van der Waals surface area contributed by atoms with Crippen LogP contribution in [0.3, 0.4) is 0 Å². The Kier molecular flexibility index (Phi) is 6.54. The van der Waals surface area contributed by atoms with Gasteiger partial charge in [-0.25, -0.2) is 0 Å². The molecule has 1 amide bonds. The molecule has 2 heterocycles. The van der Waals surface area contributed by atoms with E-state index in [0.717, 1.165) is 57.9 Å². The van der Waals surface area contributed by atoms with E-state index in [1.54, 1.807) is 0 Å². The van der Waals surface area contributed by atoms with Crippen molar-refractivity contribution < 1.29 is 9.53 Å². The van der Waals surface area contributed by atoms with Crippen molar-refractivity contribution in [2.45, 2.75) is 39.2 Å². The third-order valence-corrected chi connectivity index (χ3v) is 5.83. The second-order valence-corrected chi connectivity index (χ2v) is 7.76. The van der Waals surface area contributed by atoms with E-state index in [1.807, 2.05) is 7.05 Å². The van der Waals surface area contributed by atoms with Crippen molar-refractivity contribution in [3.05, 3.63) is 29.3 Å². The van der Waals surface area contributed by atoms with Gasteiger partial charge < -0.3 is 15.0 Å². The minimum Gasteiger partial charge on any atom is -0.492 e. The number of hydrogen-bond acceptors (Lipinski definition) is 4. The number of aryl methyl sites for hydroxylation is 2. The van der Waals surface area contributed by atoms with Gasteiger partial charge in [0.15, 0.2) is 0 Å². The Bertz CT molecular complexity index is 619. The van der Waals surface area contributed by atoms with Crippen LogP contribution < -0.4 is 10.1 Å². The lowest BCUT2D eigenvalue weighted by atomic mass is 9.83.